The molecule has 0 aliphatic heterocycles. The molecule has 0 N–H and O–H groups in total. The standard InChI is InChI=1S/C12H18F2O2Si/c1-3-7-15-17(16-8-4-2)12-6-5-10(13)9-11(12)14/h5-6,9,17H,3-4,7-8H2,1-2H3. The van der Waals surface area contributed by atoms with Gasteiger partial charge < -0.3 is 8.85 Å². The van der Waals surface area contributed by atoms with Crippen molar-refractivity contribution in [1.82, 2.24) is 0 Å². The Kier molecular flexibility index (Phi) is 6.32. The van der Waals surface area contributed by atoms with Crippen LogP contribution < -0.4 is 5.19 Å². The number of halogens is 2. The number of hydrogen-bond donors (Lipinski definition) is 0. The Balaban J connectivity index is 2.79. The van der Waals surface area contributed by atoms with Crippen LogP contribution in [0.25, 0.3) is 0 Å². The lowest BCUT2D eigenvalue weighted by Gasteiger charge is -2.16. The van der Waals surface area contributed by atoms with Crippen molar-refractivity contribution in [2.45, 2.75) is 26.7 Å². The summed E-state index contributed by atoms with van der Waals surface area (Å²) in [4.78, 5) is 0. The molecule has 1 rings (SSSR count). The third kappa shape index (κ3) is 4.53. The topological polar surface area (TPSA) is 18.5 Å². The zero-order valence-corrected chi connectivity index (χ0v) is 11.4. The average Bonchev–Trinajstić information content (AvgIpc) is 2.30. The van der Waals surface area contributed by atoms with Crippen LogP contribution in [0.5, 0.6) is 0 Å². The predicted molar refractivity (Wildman–Crippen MR) is 65.6 cm³/mol. The fourth-order valence-corrected chi connectivity index (χ4v) is 3.29. The maximum Gasteiger partial charge on any atom is 0.358 e. The molecule has 0 atom stereocenters. The van der Waals surface area contributed by atoms with E-state index in [1.165, 1.54) is 12.1 Å². The highest BCUT2D eigenvalue weighted by Crippen LogP contribution is 2.03. The van der Waals surface area contributed by atoms with Gasteiger partial charge in [0.1, 0.15) is 11.6 Å². The van der Waals surface area contributed by atoms with Crippen LogP contribution in [0.15, 0.2) is 18.2 Å². The van der Waals surface area contributed by atoms with Crippen molar-refractivity contribution in [2.75, 3.05) is 13.2 Å². The van der Waals surface area contributed by atoms with Crippen LogP contribution in [0.2, 0.25) is 0 Å². The molecule has 2 nitrogen and oxygen atoms in total. The van der Waals surface area contributed by atoms with E-state index in [1.807, 2.05) is 13.8 Å². The van der Waals surface area contributed by atoms with Crippen LogP contribution in [0, 0.1) is 11.6 Å². The lowest BCUT2D eigenvalue weighted by atomic mass is 10.3. The van der Waals surface area contributed by atoms with Crippen molar-refractivity contribution in [3.8, 4) is 0 Å². The molecular formula is C12H18F2O2Si. The predicted octanol–water partition coefficient (Wildman–Crippen LogP) is 2.25. The van der Waals surface area contributed by atoms with E-state index in [9.17, 15) is 8.78 Å². The minimum absolute atomic E-state index is 0.383. The Hall–Kier alpha value is -0.783. The van der Waals surface area contributed by atoms with Crippen molar-refractivity contribution in [2.24, 2.45) is 0 Å². The van der Waals surface area contributed by atoms with Crippen molar-refractivity contribution < 1.29 is 17.6 Å². The number of benzene rings is 1. The van der Waals surface area contributed by atoms with Gasteiger partial charge in [-0.2, -0.15) is 0 Å². The van der Waals surface area contributed by atoms with Crippen LogP contribution in [0.1, 0.15) is 26.7 Å². The Morgan fingerprint density at radius 2 is 1.65 bits per heavy atom. The molecule has 0 amide bonds. The molecule has 0 fully saturated rings. The van der Waals surface area contributed by atoms with Gasteiger partial charge in [-0.1, -0.05) is 19.9 Å². The van der Waals surface area contributed by atoms with Crippen molar-refractivity contribution in [1.29, 1.82) is 0 Å². The van der Waals surface area contributed by atoms with Crippen LogP contribution in [0.4, 0.5) is 8.78 Å². The van der Waals surface area contributed by atoms with E-state index in [0.29, 0.717) is 18.4 Å². The Morgan fingerprint density at radius 3 is 2.12 bits per heavy atom. The van der Waals surface area contributed by atoms with Gasteiger partial charge in [0.25, 0.3) is 0 Å². The molecule has 0 bridgehead atoms. The summed E-state index contributed by atoms with van der Waals surface area (Å²) in [5.74, 6) is -1.15. The zero-order chi connectivity index (χ0) is 12.7. The molecule has 0 heterocycles. The molecule has 0 unspecified atom stereocenters. The van der Waals surface area contributed by atoms with Gasteiger partial charge in [-0.05, 0) is 18.9 Å². The third-order valence-electron chi connectivity index (χ3n) is 2.16. The molecule has 0 aromatic heterocycles. The summed E-state index contributed by atoms with van der Waals surface area (Å²) in [6.45, 7) is 5.04. The van der Waals surface area contributed by atoms with Crippen molar-refractivity contribution in [3.63, 3.8) is 0 Å². The maximum absolute atomic E-state index is 13.6. The monoisotopic (exact) mass is 260 g/mol. The van der Waals surface area contributed by atoms with E-state index in [0.717, 1.165) is 18.9 Å². The summed E-state index contributed by atoms with van der Waals surface area (Å²) in [7, 11) is -2.23. The van der Waals surface area contributed by atoms with Gasteiger partial charge in [0.15, 0.2) is 0 Å². The highest BCUT2D eigenvalue weighted by atomic mass is 28.3. The zero-order valence-electron chi connectivity index (χ0n) is 10.2. The van der Waals surface area contributed by atoms with Crippen LogP contribution in [-0.4, -0.2) is 22.5 Å². The summed E-state index contributed by atoms with van der Waals surface area (Å²) < 4.78 is 37.5. The fraction of sp³-hybridized carbons (Fsp3) is 0.500. The second-order valence-corrected chi connectivity index (χ2v) is 5.69. The van der Waals surface area contributed by atoms with Gasteiger partial charge >= 0.3 is 9.28 Å². The normalized spacial score (nSPS) is 11.1. The Bertz CT molecular complexity index is 339. The molecule has 1 aromatic carbocycles. The van der Waals surface area contributed by atoms with E-state index < -0.39 is 20.9 Å². The molecule has 0 saturated carbocycles. The highest BCUT2D eigenvalue weighted by molar-refractivity contribution is 6.61. The summed E-state index contributed by atoms with van der Waals surface area (Å²) in [5, 5.41) is 0.383. The number of hydrogen-bond acceptors (Lipinski definition) is 2. The van der Waals surface area contributed by atoms with Gasteiger partial charge in [0, 0.05) is 24.5 Å². The molecule has 0 aliphatic carbocycles. The first-order chi connectivity index (χ1) is 8.19. The first kappa shape index (κ1) is 14.3. The number of rotatable bonds is 7. The van der Waals surface area contributed by atoms with E-state index in [1.54, 1.807) is 0 Å². The van der Waals surface area contributed by atoms with Crippen molar-refractivity contribution >= 4 is 14.5 Å². The van der Waals surface area contributed by atoms with Gasteiger partial charge in [-0.15, -0.1) is 0 Å². The average molecular weight is 260 g/mol. The lowest BCUT2D eigenvalue weighted by molar-refractivity contribution is 0.207. The summed E-state index contributed by atoms with van der Waals surface area (Å²) in [5.41, 5.74) is 0. The minimum Gasteiger partial charge on any atom is -0.393 e. The molecule has 1 aromatic rings. The SMILES string of the molecule is CCCO[SiH](OCCC)c1ccc(F)cc1F. The van der Waals surface area contributed by atoms with E-state index in [2.05, 4.69) is 0 Å². The third-order valence-corrected chi connectivity index (χ3v) is 4.22. The first-order valence-corrected chi connectivity index (χ1v) is 7.39. The van der Waals surface area contributed by atoms with Gasteiger partial charge in [0.2, 0.25) is 0 Å². The minimum atomic E-state index is -2.23. The fourth-order valence-electron chi connectivity index (χ4n) is 1.37. The van der Waals surface area contributed by atoms with Crippen molar-refractivity contribution in [3.05, 3.63) is 29.8 Å². The highest BCUT2D eigenvalue weighted by Gasteiger charge is 2.20. The lowest BCUT2D eigenvalue weighted by Crippen LogP contribution is -2.39. The molecule has 17 heavy (non-hydrogen) atoms. The summed E-state index contributed by atoms with van der Waals surface area (Å²) in [6, 6.07) is 3.54. The maximum atomic E-state index is 13.6. The Labute approximate surface area is 102 Å². The summed E-state index contributed by atoms with van der Waals surface area (Å²) in [6.07, 6.45) is 1.70. The van der Waals surface area contributed by atoms with E-state index in [-0.39, 0.29) is 0 Å². The largest absolute Gasteiger partial charge is 0.393 e. The Morgan fingerprint density at radius 1 is 1.06 bits per heavy atom. The smallest absolute Gasteiger partial charge is 0.358 e. The molecule has 96 valence electrons. The molecule has 0 spiro atoms. The second kappa shape index (κ2) is 7.52. The quantitative estimate of drug-likeness (QED) is 0.700. The van der Waals surface area contributed by atoms with Gasteiger partial charge in [-0.3, -0.25) is 0 Å². The van der Waals surface area contributed by atoms with Crippen LogP contribution in [0.3, 0.4) is 0 Å². The van der Waals surface area contributed by atoms with E-state index >= 15 is 0 Å². The molecule has 0 saturated heterocycles. The van der Waals surface area contributed by atoms with E-state index in [4.69, 9.17) is 8.85 Å². The molecule has 0 aliphatic rings. The molecule has 0 radical (unpaired) electrons. The van der Waals surface area contributed by atoms with Crippen LogP contribution in [-0.2, 0) is 8.85 Å². The summed E-state index contributed by atoms with van der Waals surface area (Å²) >= 11 is 0. The van der Waals surface area contributed by atoms with Gasteiger partial charge in [0.05, 0.1) is 0 Å². The van der Waals surface area contributed by atoms with Gasteiger partial charge in [-0.25, -0.2) is 8.78 Å². The molecule has 5 heteroatoms. The first-order valence-electron chi connectivity index (χ1n) is 5.87. The van der Waals surface area contributed by atoms with Crippen LogP contribution >= 0.6 is 0 Å². The molecular weight excluding hydrogens is 242 g/mol. The second-order valence-electron chi connectivity index (χ2n) is 3.74.